The third-order valence-electron chi connectivity index (χ3n) is 5.46. The molecule has 0 saturated heterocycles. The second-order valence-corrected chi connectivity index (χ2v) is 9.86. The molecule has 2 aromatic heterocycles. The van der Waals surface area contributed by atoms with Crippen LogP contribution in [-0.4, -0.2) is 16.1 Å². The zero-order chi connectivity index (χ0) is 22.6. The number of aromatic nitrogens is 2. The van der Waals surface area contributed by atoms with Crippen molar-refractivity contribution in [1.82, 2.24) is 10.2 Å². The van der Waals surface area contributed by atoms with Crippen LogP contribution in [0.5, 0.6) is 0 Å². The van der Waals surface area contributed by atoms with Gasteiger partial charge in [0.15, 0.2) is 5.43 Å². The van der Waals surface area contributed by atoms with E-state index in [0.717, 1.165) is 22.6 Å². The summed E-state index contributed by atoms with van der Waals surface area (Å²) >= 11 is 7.46. The van der Waals surface area contributed by atoms with Crippen molar-refractivity contribution < 1.29 is 9.21 Å². The summed E-state index contributed by atoms with van der Waals surface area (Å²) in [5.74, 6) is 0.0600. The lowest BCUT2D eigenvalue weighted by Crippen LogP contribution is -2.29. The van der Waals surface area contributed by atoms with Crippen LogP contribution in [0.15, 0.2) is 51.7 Å². The van der Waals surface area contributed by atoms with Crippen LogP contribution >= 0.6 is 22.9 Å². The molecule has 0 spiro atoms. The second kappa shape index (κ2) is 7.83. The molecule has 5 rings (SSSR count). The van der Waals surface area contributed by atoms with Crippen molar-refractivity contribution in [3.63, 3.8) is 0 Å². The van der Waals surface area contributed by atoms with Gasteiger partial charge in [0.1, 0.15) is 10.6 Å². The molecule has 1 aliphatic heterocycles. The van der Waals surface area contributed by atoms with Crippen molar-refractivity contribution >= 4 is 44.9 Å². The summed E-state index contributed by atoms with van der Waals surface area (Å²) in [7, 11) is 0. The number of rotatable bonds is 4. The maximum atomic E-state index is 13.6. The fraction of sp³-hybridized carbons (Fsp3) is 0.250. The number of hydrogen-bond acceptors (Lipinski definition) is 6. The average Bonchev–Trinajstić information content (AvgIpc) is 3.31. The number of nitrogens with zero attached hydrogens (tertiary/aromatic N) is 3. The Kier molecular flexibility index (Phi) is 5.10. The molecule has 1 aliphatic rings. The molecule has 0 fully saturated rings. The number of anilines is 1. The molecule has 0 bridgehead atoms. The summed E-state index contributed by atoms with van der Waals surface area (Å²) in [6.45, 7) is 6.12. The first kappa shape index (κ1) is 20.8. The normalized spacial score (nSPS) is 15.7. The van der Waals surface area contributed by atoms with Crippen molar-refractivity contribution in [3.05, 3.63) is 85.2 Å². The van der Waals surface area contributed by atoms with Gasteiger partial charge >= 0.3 is 0 Å². The van der Waals surface area contributed by atoms with E-state index in [1.54, 1.807) is 24.3 Å². The topological polar surface area (TPSA) is 76.3 Å². The van der Waals surface area contributed by atoms with Gasteiger partial charge in [-0.1, -0.05) is 60.5 Å². The molecule has 3 heterocycles. The predicted molar refractivity (Wildman–Crippen MR) is 126 cm³/mol. The van der Waals surface area contributed by atoms with E-state index in [2.05, 4.69) is 24.0 Å². The quantitative estimate of drug-likeness (QED) is 0.394. The van der Waals surface area contributed by atoms with Crippen molar-refractivity contribution in [1.29, 1.82) is 0 Å². The Bertz CT molecular complexity index is 1410. The molecule has 2 aromatic carbocycles. The minimum Gasteiger partial charge on any atom is -0.450 e. The summed E-state index contributed by atoms with van der Waals surface area (Å²) in [6, 6.07) is 11.8. The molecule has 162 valence electrons. The van der Waals surface area contributed by atoms with E-state index in [1.165, 1.54) is 16.2 Å². The molecule has 1 unspecified atom stereocenters. The summed E-state index contributed by atoms with van der Waals surface area (Å²) in [5, 5.41) is 10.9. The fourth-order valence-electron chi connectivity index (χ4n) is 4.02. The molecule has 6 nitrogen and oxygen atoms in total. The van der Waals surface area contributed by atoms with E-state index in [1.807, 2.05) is 25.1 Å². The molecule has 4 aromatic rings. The Morgan fingerprint density at radius 3 is 2.59 bits per heavy atom. The predicted octanol–water partition coefficient (Wildman–Crippen LogP) is 5.55. The first-order chi connectivity index (χ1) is 15.3. The molecular formula is C24H20ClN3O3S. The number of carbonyl (C=O) groups is 1. The van der Waals surface area contributed by atoms with E-state index in [0.29, 0.717) is 32.6 Å². The monoisotopic (exact) mass is 465 g/mol. The van der Waals surface area contributed by atoms with Crippen LogP contribution in [0.25, 0.3) is 11.0 Å². The van der Waals surface area contributed by atoms with Gasteiger partial charge in [-0.3, -0.25) is 14.5 Å². The molecule has 8 heteroatoms. The summed E-state index contributed by atoms with van der Waals surface area (Å²) in [5.41, 5.74) is 2.18. The Labute approximate surface area is 193 Å². The standard InChI is InChI=1S/C24H20ClN3O3S/c1-12(2)10-18-26-27-24(32-18)28-20(14-5-7-15(25)8-6-14)19-21(29)16-11-13(3)4-9-17(16)31-22(19)23(28)30/h4-9,11-12,20H,10H2,1-3H3. The Morgan fingerprint density at radius 1 is 1.12 bits per heavy atom. The Hall–Kier alpha value is -3.03. The molecule has 1 atom stereocenters. The highest BCUT2D eigenvalue weighted by Crippen LogP contribution is 2.42. The van der Waals surface area contributed by atoms with Crippen LogP contribution in [-0.2, 0) is 6.42 Å². The molecule has 0 aliphatic carbocycles. The zero-order valence-electron chi connectivity index (χ0n) is 17.8. The first-order valence-corrected chi connectivity index (χ1v) is 11.5. The van der Waals surface area contributed by atoms with Crippen molar-refractivity contribution in [2.45, 2.75) is 33.2 Å². The SMILES string of the molecule is Cc1ccc2oc3c(c(=O)c2c1)C(c1ccc(Cl)cc1)N(c1nnc(CC(C)C)s1)C3=O. The maximum Gasteiger partial charge on any atom is 0.297 e. The van der Waals surface area contributed by atoms with Gasteiger partial charge < -0.3 is 4.42 Å². The number of fused-ring (bicyclic) bond motifs is 2. The summed E-state index contributed by atoms with van der Waals surface area (Å²) in [4.78, 5) is 28.7. The van der Waals surface area contributed by atoms with Crippen LogP contribution in [0.2, 0.25) is 5.02 Å². The van der Waals surface area contributed by atoms with Gasteiger partial charge in [0.25, 0.3) is 5.91 Å². The lowest BCUT2D eigenvalue weighted by Gasteiger charge is -2.22. The summed E-state index contributed by atoms with van der Waals surface area (Å²) < 4.78 is 5.99. The van der Waals surface area contributed by atoms with Gasteiger partial charge in [-0.25, -0.2) is 0 Å². The van der Waals surface area contributed by atoms with Gasteiger partial charge in [0.05, 0.1) is 17.0 Å². The number of benzene rings is 2. The van der Waals surface area contributed by atoms with Gasteiger partial charge in [0, 0.05) is 11.4 Å². The minimum atomic E-state index is -0.671. The maximum absolute atomic E-state index is 13.6. The highest BCUT2D eigenvalue weighted by Gasteiger charge is 2.45. The smallest absolute Gasteiger partial charge is 0.297 e. The average molecular weight is 466 g/mol. The van der Waals surface area contributed by atoms with E-state index in [9.17, 15) is 9.59 Å². The van der Waals surface area contributed by atoms with E-state index >= 15 is 0 Å². The largest absolute Gasteiger partial charge is 0.450 e. The number of halogens is 1. The fourth-order valence-corrected chi connectivity index (χ4v) is 5.22. The Balaban J connectivity index is 1.74. The molecule has 1 amide bonds. The van der Waals surface area contributed by atoms with Gasteiger partial charge in [-0.05, 0) is 42.7 Å². The first-order valence-electron chi connectivity index (χ1n) is 10.3. The Morgan fingerprint density at radius 2 is 1.88 bits per heavy atom. The van der Waals surface area contributed by atoms with Crippen LogP contribution in [0.3, 0.4) is 0 Å². The van der Waals surface area contributed by atoms with Crippen LogP contribution in [0.4, 0.5) is 5.13 Å². The van der Waals surface area contributed by atoms with Gasteiger partial charge in [-0.15, -0.1) is 10.2 Å². The third-order valence-corrected chi connectivity index (χ3v) is 6.65. The van der Waals surface area contributed by atoms with Gasteiger partial charge in [-0.2, -0.15) is 0 Å². The van der Waals surface area contributed by atoms with Crippen molar-refractivity contribution in [2.24, 2.45) is 5.92 Å². The number of hydrogen-bond donors (Lipinski definition) is 0. The van der Waals surface area contributed by atoms with E-state index < -0.39 is 11.9 Å². The van der Waals surface area contributed by atoms with E-state index in [4.69, 9.17) is 16.0 Å². The highest BCUT2D eigenvalue weighted by atomic mass is 35.5. The lowest BCUT2D eigenvalue weighted by molar-refractivity contribution is 0.0970. The molecule has 32 heavy (non-hydrogen) atoms. The number of aryl methyl sites for hydroxylation is 1. The van der Waals surface area contributed by atoms with Crippen molar-refractivity contribution in [2.75, 3.05) is 4.90 Å². The van der Waals surface area contributed by atoms with Crippen LogP contribution in [0.1, 0.15) is 52.1 Å². The van der Waals surface area contributed by atoms with E-state index in [-0.39, 0.29) is 11.2 Å². The molecule has 0 N–H and O–H groups in total. The molecule has 0 radical (unpaired) electrons. The van der Waals surface area contributed by atoms with Gasteiger partial charge in [0.2, 0.25) is 10.9 Å². The lowest BCUT2D eigenvalue weighted by atomic mass is 9.98. The second-order valence-electron chi connectivity index (χ2n) is 8.38. The van der Waals surface area contributed by atoms with Crippen LogP contribution < -0.4 is 10.3 Å². The molecular weight excluding hydrogens is 446 g/mol. The molecule has 0 saturated carbocycles. The highest BCUT2D eigenvalue weighted by molar-refractivity contribution is 7.15. The summed E-state index contributed by atoms with van der Waals surface area (Å²) in [6.07, 6.45) is 0.763. The number of carbonyl (C=O) groups excluding carboxylic acids is 1. The minimum absolute atomic E-state index is 0.0481. The third kappa shape index (κ3) is 3.42. The number of amides is 1. The van der Waals surface area contributed by atoms with Crippen molar-refractivity contribution in [3.8, 4) is 0 Å². The zero-order valence-corrected chi connectivity index (χ0v) is 19.3. The van der Waals surface area contributed by atoms with Crippen LogP contribution in [0, 0.1) is 12.8 Å².